The van der Waals surface area contributed by atoms with E-state index in [4.69, 9.17) is 4.74 Å². The van der Waals surface area contributed by atoms with Gasteiger partial charge in [0.15, 0.2) is 0 Å². The van der Waals surface area contributed by atoms with E-state index in [0.29, 0.717) is 11.6 Å². The molecule has 0 aliphatic carbocycles. The standard InChI is InChI=1S/C15H17N3O2S/c1-15(2)6-5-11-7-10(3-4-12(11)20-15)8-13(19)17-14-18-16-9-21-14/h3-4,7,9H,5-6,8H2,1-2H3,(H,17,18,19). The molecule has 0 unspecified atom stereocenters. The van der Waals surface area contributed by atoms with Crippen molar-refractivity contribution >= 4 is 22.4 Å². The first kappa shape index (κ1) is 14.0. The van der Waals surface area contributed by atoms with E-state index in [1.54, 1.807) is 5.51 Å². The molecular weight excluding hydrogens is 286 g/mol. The first-order valence-corrected chi connectivity index (χ1v) is 7.77. The predicted octanol–water partition coefficient (Wildman–Crippen LogP) is 2.82. The lowest BCUT2D eigenvalue weighted by Gasteiger charge is -2.32. The van der Waals surface area contributed by atoms with Crippen molar-refractivity contribution in [3.05, 3.63) is 34.8 Å². The summed E-state index contributed by atoms with van der Waals surface area (Å²) in [6.07, 6.45) is 2.30. The van der Waals surface area contributed by atoms with Crippen molar-refractivity contribution in [3.8, 4) is 5.75 Å². The minimum absolute atomic E-state index is 0.0799. The molecule has 6 heteroatoms. The summed E-state index contributed by atoms with van der Waals surface area (Å²) in [6.45, 7) is 4.19. The minimum Gasteiger partial charge on any atom is -0.488 e. The molecule has 0 atom stereocenters. The second-order valence-electron chi connectivity index (χ2n) is 5.77. The molecule has 5 nitrogen and oxygen atoms in total. The first-order valence-electron chi connectivity index (χ1n) is 6.89. The second kappa shape index (κ2) is 5.44. The number of rotatable bonds is 3. The average molecular weight is 303 g/mol. The molecule has 1 aromatic heterocycles. The summed E-state index contributed by atoms with van der Waals surface area (Å²) in [5, 5.41) is 10.8. The van der Waals surface area contributed by atoms with Crippen LogP contribution in [-0.2, 0) is 17.6 Å². The zero-order chi connectivity index (χ0) is 14.9. The largest absolute Gasteiger partial charge is 0.488 e. The molecule has 0 saturated carbocycles. The smallest absolute Gasteiger partial charge is 0.230 e. The van der Waals surface area contributed by atoms with Crippen molar-refractivity contribution in [2.75, 3.05) is 5.32 Å². The van der Waals surface area contributed by atoms with Crippen LogP contribution in [0, 0.1) is 0 Å². The van der Waals surface area contributed by atoms with Gasteiger partial charge < -0.3 is 10.1 Å². The van der Waals surface area contributed by atoms with Gasteiger partial charge in [0.25, 0.3) is 0 Å². The van der Waals surface area contributed by atoms with Crippen LogP contribution in [0.4, 0.5) is 5.13 Å². The van der Waals surface area contributed by atoms with Gasteiger partial charge in [-0.1, -0.05) is 23.5 Å². The molecule has 1 N–H and O–H groups in total. The molecular formula is C15H17N3O2S. The lowest BCUT2D eigenvalue weighted by Crippen LogP contribution is -2.32. The highest BCUT2D eigenvalue weighted by Crippen LogP contribution is 2.33. The van der Waals surface area contributed by atoms with Crippen LogP contribution < -0.4 is 10.1 Å². The maximum absolute atomic E-state index is 11.9. The van der Waals surface area contributed by atoms with Crippen molar-refractivity contribution in [1.82, 2.24) is 10.2 Å². The molecule has 0 bridgehead atoms. The van der Waals surface area contributed by atoms with Crippen molar-refractivity contribution in [3.63, 3.8) is 0 Å². The number of hydrogen-bond acceptors (Lipinski definition) is 5. The Kier molecular flexibility index (Phi) is 3.63. The van der Waals surface area contributed by atoms with E-state index in [2.05, 4.69) is 35.4 Å². The molecule has 1 aliphatic rings. The van der Waals surface area contributed by atoms with Crippen molar-refractivity contribution < 1.29 is 9.53 Å². The highest BCUT2D eigenvalue weighted by molar-refractivity contribution is 7.13. The Balaban J connectivity index is 1.68. The third kappa shape index (κ3) is 3.39. The number of amides is 1. The maximum Gasteiger partial charge on any atom is 0.230 e. The molecule has 1 aliphatic heterocycles. The van der Waals surface area contributed by atoms with Gasteiger partial charge in [0.05, 0.1) is 6.42 Å². The molecule has 0 spiro atoms. The number of anilines is 1. The Hall–Kier alpha value is -1.95. The quantitative estimate of drug-likeness (QED) is 0.947. The SMILES string of the molecule is CC1(C)CCc2cc(CC(=O)Nc3nncs3)ccc2O1. The van der Waals surface area contributed by atoms with E-state index < -0.39 is 0 Å². The summed E-state index contributed by atoms with van der Waals surface area (Å²) in [5.74, 6) is 0.850. The van der Waals surface area contributed by atoms with Gasteiger partial charge in [0, 0.05) is 0 Å². The molecule has 0 saturated heterocycles. The van der Waals surface area contributed by atoms with Crippen molar-refractivity contribution in [2.45, 2.75) is 38.7 Å². The topological polar surface area (TPSA) is 64.1 Å². The molecule has 21 heavy (non-hydrogen) atoms. The average Bonchev–Trinajstić information content (AvgIpc) is 2.91. The summed E-state index contributed by atoms with van der Waals surface area (Å²) in [4.78, 5) is 11.9. The Morgan fingerprint density at radius 1 is 1.48 bits per heavy atom. The van der Waals surface area contributed by atoms with Gasteiger partial charge >= 0.3 is 0 Å². The Morgan fingerprint density at radius 3 is 3.10 bits per heavy atom. The number of aromatic nitrogens is 2. The highest BCUT2D eigenvalue weighted by atomic mass is 32.1. The van der Waals surface area contributed by atoms with Crippen LogP contribution in [0.15, 0.2) is 23.7 Å². The number of carbonyl (C=O) groups excluding carboxylic acids is 1. The molecule has 2 aromatic rings. The maximum atomic E-state index is 11.9. The van der Waals surface area contributed by atoms with Gasteiger partial charge in [-0.05, 0) is 43.9 Å². The normalized spacial score (nSPS) is 15.9. The predicted molar refractivity (Wildman–Crippen MR) is 81.7 cm³/mol. The number of ether oxygens (including phenoxy) is 1. The van der Waals surface area contributed by atoms with Crippen LogP contribution in [0.1, 0.15) is 31.4 Å². The number of nitrogens with one attached hydrogen (secondary N) is 1. The van der Waals surface area contributed by atoms with Crippen LogP contribution in [0.3, 0.4) is 0 Å². The van der Waals surface area contributed by atoms with E-state index >= 15 is 0 Å². The zero-order valence-electron chi connectivity index (χ0n) is 12.0. The Labute approximate surface area is 127 Å². The molecule has 0 radical (unpaired) electrons. The molecule has 110 valence electrons. The van der Waals surface area contributed by atoms with E-state index in [1.165, 1.54) is 16.9 Å². The van der Waals surface area contributed by atoms with Crippen LogP contribution in [0.25, 0.3) is 0 Å². The number of carbonyl (C=O) groups is 1. The third-order valence-corrected chi connectivity index (χ3v) is 4.09. The van der Waals surface area contributed by atoms with Crippen molar-refractivity contribution in [1.29, 1.82) is 0 Å². The summed E-state index contributed by atoms with van der Waals surface area (Å²) < 4.78 is 5.95. The van der Waals surface area contributed by atoms with Gasteiger partial charge in [-0.25, -0.2) is 0 Å². The number of aryl methyl sites for hydroxylation is 1. The Morgan fingerprint density at radius 2 is 2.33 bits per heavy atom. The molecule has 0 fully saturated rings. The molecule has 2 heterocycles. The molecule has 1 amide bonds. The lowest BCUT2D eigenvalue weighted by atomic mass is 9.93. The monoisotopic (exact) mass is 303 g/mol. The lowest BCUT2D eigenvalue weighted by molar-refractivity contribution is -0.115. The molecule has 1 aromatic carbocycles. The number of hydrogen-bond donors (Lipinski definition) is 1. The minimum atomic E-state index is -0.107. The first-order chi connectivity index (χ1) is 10.0. The van der Waals surface area contributed by atoms with Crippen LogP contribution in [-0.4, -0.2) is 21.7 Å². The fourth-order valence-corrected chi connectivity index (χ4v) is 2.86. The fraction of sp³-hybridized carbons (Fsp3) is 0.400. The fourth-order valence-electron chi connectivity index (χ4n) is 2.40. The number of fused-ring (bicyclic) bond motifs is 1. The summed E-state index contributed by atoms with van der Waals surface area (Å²) in [7, 11) is 0. The summed E-state index contributed by atoms with van der Waals surface area (Å²) in [6, 6.07) is 5.97. The second-order valence-corrected chi connectivity index (χ2v) is 6.61. The van der Waals surface area contributed by atoms with Gasteiger partial charge in [-0.15, -0.1) is 10.2 Å². The van der Waals surface area contributed by atoms with Crippen LogP contribution in [0.5, 0.6) is 5.75 Å². The van der Waals surface area contributed by atoms with E-state index in [-0.39, 0.29) is 11.5 Å². The van der Waals surface area contributed by atoms with Gasteiger partial charge in [0.2, 0.25) is 11.0 Å². The third-order valence-electron chi connectivity index (χ3n) is 3.48. The van der Waals surface area contributed by atoms with Crippen molar-refractivity contribution in [2.24, 2.45) is 0 Å². The van der Waals surface area contributed by atoms with Crippen LogP contribution in [0.2, 0.25) is 0 Å². The van der Waals surface area contributed by atoms with Gasteiger partial charge in [-0.2, -0.15) is 0 Å². The van der Waals surface area contributed by atoms with E-state index in [0.717, 1.165) is 24.2 Å². The van der Waals surface area contributed by atoms with E-state index in [1.807, 2.05) is 12.1 Å². The van der Waals surface area contributed by atoms with E-state index in [9.17, 15) is 4.79 Å². The van der Waals surface area contributed by atoms with Gasteiger partial charge in [0.1, 0.15) is 16.9 Å². The van der Waals surface area contributed by atoms with Gasteiger partial charge in [-0.3, -0.25) is 4.79 Å². The Bertz CT molecular complexity index is 653. The highest BCUT2D eigenvalue weighted by Gasteiger charge is 2.26. The number of nitrogens with zero attached hydrogens (tertiary/aromatic N) is 2. The van der Waals surface area contributed by atoms with Crippen LogP contribution >= 0.6 is 11.3 Å². The zero-order valence-corrected chi connectivity index (χ0v) is 12.9. The summed E-state index contributed by atoms with van der Waals surface area (Å²) in [5.41, 5.74) is 3.65. The molecule has 3 rings (SSSR count). The summed E-state index contributed by atoms with van der Waals surface area (Å²) >= 11 is 1.31. The number of benzene rings is 1.